The van der Waals surface area contributed by atoms with E-state index >= 15 is 0 Å². The third-order valence-electron chi connectivity index (χ3n) is 0. The van der Waals surface area contributed by atoms with Crippen molar-refractivity contribution in [1.82, 2.24) is 0 Å². The maximum atomic E-state index is 4.39. The van der Waals surface area contributed by atoms with E-state index in [0.29, 0.717) is 0 Å². The first-order valence-corrected chi connectivity index (χ1v) is 0.802. The molecule has 0 fully saturated rings. The number of rotatable bonds is 0. The molecule has 0 rings (SSSR count). The molecule has 38 valence electrons. The van der Waals surface area contributed by atoms with Gasteiger partial charge >= 0.3 is 19.5 Å². The molecule has 0 atom stereocenters. The maximum Gasteiger partial charge on any atom is 2.00 e. The van der Waals surface area contributed by atoms with Gasteiger partial charge in [-0.25, -0.2) is 0 Å². The van der Waals surface area contributed by atoms with Crippen molar-refractivity contribution >= 4 is 24.0 Å². The minimum Gasteiger partial charge on any atom is -0.412 e. The molecule has 2 N–H and O–H groups in total. The first kappa shape index (κ1) is 58.1. The fraction of sp³-hybridized carbons (Fsp3) is 0. The molecule has 1 nitrogen and oxygen atoms in total. The SMILES string of the molecule is Cl.O.[CH2-]Cl.[CH3-].[Zn+2]. The molecule has 0 saturated carbocycles. The molecule has 0 aromatic heterocycles. The van der Waals surface area contributed by atoms with Crippen LogP contribution in [0.3, 0.4) is 0 Å². The van der Waals surface area contributed by atoms with Crippen LogP contribution in [-0.2, 0) is 19.5 Å². The second-order valence-corrected chi connectivity index (χ2v) is 0. The standard InChI is InChI=1S/CH2Cl.CH3.ClH.H2O.Zn/c1-2;;;;/h1H2;1H3;1H;1H2;/q2*-1;;;+2. The van der Waals surface area contributed by atoms with Crippen molar-refractivity contribution in [3.63, 3.8) is 0 Å². The van der Waals surface area contributed by atoms with Gasteiger partial charge in [-0.2, -0.15) is 0 Å². The molecule has 0 aromatic carbocycles. The van der Waals surface area contributed by atoms with E-state index in [1.54, 1.807) is 0 Å². The van der Waals surface area contributed by atoms with Crippen molar-refractivity contribution in [3.05, 3.63) is 13.8 Å². The number of halogens is 2. The predicted molar refractivity (Wildman–Crippen MR) is 28.5 cm³/mol. The van der Waals surface area contributed by atoms with Gasteiger partial charge in [0, 0.05) is 0 Å². The average Bonchev–Trinajstić information content (AvgIpc) is 1.00. The van der Waals surface area contributed by atoms with E-state index in [0.717, 1.165) is 0 Å². The summed E-state index contributed by atoms with van der Waals surface area (Å²) >= 11 is 4.39. The van der Waals surface area contributed by atoms with Gasteiger partial charge in [-0.1, -0.05) is 0 Å². The number of hydrogen-bond acceptors (Lipinski definition) is 0. The molecular weight excluding hydrogens is 176 g/mol. The van der Waals surface area contributed by atoms with Gasteiger partial charge in [-0.05, 0) is 0 Å². The zero-order valence-corrected chi connectivity index (χ0v) is 8.24. The van der Waals surface area contributed by atoms with Crippen LogP contribution in [0.4, 0.5) is 0 Å². The predicted octanol–water partition coefficient (Wildman–Crippen LogP) is 1.06. The summed E-state index contributed by atoms with van der Waals surface area (Å²) in [5.41, 5.74) is 0. The van der Waals surface area contributed by atoms with Crippen LogP contribution in [0.1, 0.15) is 0 Å². The van der Waals surface area contributed by atoms with Crippen LogP contribution in [0.5, 0.6) is 0 Å². The van der Waals surface area contributed by atoms with Crippen LogP contribution in [0.25, 0.3) is 0 Å². The zero-order valence-electron chi connectivity index (χ0n) is 3.70. The Morgan fingerprint density at radius 3 is 1.17 bits per heavy atom. The summed E-state index contributed by atoms with van der Waals surface area (Å²) in [6, 6.07) is 0. The summed E-state index contributed by atoms with van der Waals surface area (Å²) in [5, 5.41) is 0. The minimum absolute atomic E-state index is 0. The maximum absolute atomic E-state index is 4.39. The molecule has 0 bridgehead atoms. The van der Waals surface area contributed by atoms with Gasteiger partial charge in [0.2, 0.25) is 0 Å². The molecule has 0 amide bonds. The minimum atomic E-state index is 0. The molecule has 0 aliphatic rings. The quantitative estimate of drug-likeness (QED) is 0.398. The average molecular weight is 184 g/mol. The molecule has 0 spiro atoms. The summed E-state index contributed by atoms with van der Waals surface area (Å²) in [6.45, 7) is 0. The van der Waals surface area contributed by atoms with Gasteiger partial charge in [0.05, 0.1) is 0 Å². The number of hydrogen-bond donors (Lipinski definition) is 0. The fourth-order valence-corrected chi connectivity index (χ4v) is 0. The molecule has 0 aromatic rings. The molecule has 0 radical (unpaired) electrons. The third kappa shape index (κ3) is 66.1. The van der Waals surface area contributed by atoms with Crippen LogP contribution in [0.15, 0.2) is 0 Å². The van der Waals surface area contributed by atoms with Crippen molar-refractivity contribution in [1.29, 1.82) is 0 Å². The Bertz CT molecular complexity index is 11.5. The summed E-state index contributed by atoms with van der Waals surface area (Å²) in [7, 11) is 0. The molecule has 4 heteroatoms. The van der Waals surface area contributed by atoms with E-state index < -0.39 is 0 Å². The summed E-state index contributed by atoms with van der Waals surface area (Å²) in [5.74, 6) is 0. The molecule has 0 unspecified atom stereocenters. The molecular formula is C2H8Cl2OZn. The van der Waals surface area contributed by atoms with Gasteiger partial charge in [0.25, 0.3) is 0 Å². The topological polar surface area (TPSA) is 31.5 Å². The van der Waals surface area contributed by atoms with E-state index in [2.05, 4.69) is 18.0 Å². The smallest absolute Gasteiger partial charge is 0.412 e. The zero-order chi connectivity index (χ0) is 2.00. The van der Waals surface area contributed by atoms with E-state index in [-0.39, 0.29) is 44.8 Å². The van der Waals surface area contributed by atoms with Crippen molar-refractivity contribution < 1.29 is 25.0 Å². The van der Waals surface area contributed by atoms with Gasteiger partial charge in [0.15, 0.2) is 0 Å². The largest absolute Gasteiger partial charge is 2.00 e. The molecule has 6 heavy (non-hydrogen) atoms. The molecule has 0 aliphatic heterocycles. The fourth-order valence-electron chi connectivity index (χ4n) is 0. The van der Waals surface area contributed by atoms with Crippen molar-refractivity contribution in [2.24, 2.45) is 0 Å². The Morgan fingerprint density at radius 1 is 1.17 bits per heavy atom. The van der Waals surface area contributed by atoms with Crippen LogP contribution in [0.2, 0.25) is 0 Å². The van der Waals surface area contributed by atoms with E-state index in [1.807, 2.05) is 0 Å². The molecule has 0 aliphatic carbocycles. The van der Waals surface area contributed by atoms with Crippen LogP contribution in [-0.4, -0.2) is 5.48 Å². The summed E-state index contributed by atoms with van der Waals surface area (Å²) in [6.07, 6.45) is 2.72. The first-order chi connectivity index (χ1) is 1.00. The van der Waals surface area contributed by atoms with Gasteiger partial charge in [-0.15, -0.1) is 12.4 Å². The van der Waals surface area contributed by atoms with Gasteiger partial charge < -0.3 is 24.5 Å². The van der Waals surface area contributed by atoms with E-state index in [1.165, 1.54) is 0 Å². The van der Waals surface area contributed by atoms with E-state index in [9.17, 15) is 0 Å². The monoisotopic (exact) mass is 182 g/mol. The Balaban J connectivity index is -0.000000000833. The van der Waals surface area contributed by atoms with Gasteiger partial charge in [-0.3, -0.25) is 6.38 Å². The first-order valence-electron chi connectivity index (χ1n) is 0.267. The summed E-state index contributed by atoms with van der Waals surface area (Å²) in [4.78, 5) is 0. The molecule has 0 heterocycles. The third-order valence-corrected chi connectivity index (χ3v) is 0. The van der Waals surface area contributed by atoms with Crippen LogP contribution >= 0.6 is 24.0 Å². The second kappa shape index (κ2) is 121. The van der Waals surface area contributed by atoms with E-state index in [4.69, 9.17) is 0 Å². The second-order valence-electron chi connectivity index (χ2n) is 0. The van der Waals surface area contributed by atoms with Crippen molar-refractivity contribution in [2.45, 2.75) is 0 Å². The molecule has 0 saturated heterocycles. The Labute approximate surface area is 62.9 Å². The Hall–Kier alpha value is 1.16. The van der Waals surface area contributed by atoms with Crippen LogP contribution in [0, 0.1) is 13.8 Å². The van der Waals surface area contributed by atoms with Crippen molar-refractivity contribution in [3.8, 4) is 0 Å². The van der Waals surface area contributed by atoms with Gasteiger partial charge in [0.1, 0.15) is 0 Å². The van der Waals surface area contributed by atoms with Crippen molar-refractivity contribution in [2.75, 3.05) is 0 Å². The normalized spacial score (nSPS) is 1.00. The summed E-state index contributed by atoms with van der Waals surface area (Å²) < 4.78 is 0. The van der Waals surface area contributed by atoms with Crippen LogP contribution < -0.4 is 0 Å². The Morgan fingerprint density at radius 2 is 1.17 bits per heavy atom. The Kier molecular flexibility index (Phi) is 1180.